The summed E-state index contributed by atoms with van der Waals surface area (Å²) >= 11 is 0. The Bertz CT molecular complexity index is 239. The molecule has 16 heavy (non-hydrogen) atoms. The van der Waals surface area contributed by atoms with Crippen LogP contribution in [0.15, 0.2) is 0 Å². The summed E-state index contributed by atoms with van der Waals surface area (Å²) in [6.45, 7) is 6.03. The van der Waals surface area contributed by atoms with Crippen LogP contribution in [0.3, 0.4) is 0 Å². The molecule has 1 saturated carbocycles. The number of Topliss-reactive ketones (excluding diaryl/α,β-unsaturated/α-hetero) is 1. The Labute approximate surface area is 99.4 Å². The second kappa shape index (κ2) is 5.81. The third-order valence-corrected chi connectivity index (χ3v) is 4.33. The largest absolute Gasteiger partial charge is 0.303 e. The fourth-order valence-electron chi connectivity index (χ4n) is 3.08. The number of carbonyl (C=O) groups excluding carboxylic acids is 1. The number of rotatable bonds is 3. The van der Waals surface area contributed by atoms with Gasteiger partial charge in [0.25, 0.3) is 0 Å². The van der Waals surface area contributed by atoms with Gasteiger partial charge in [0, 0.05) is 12.3 Å². The summed E-state index contributed by atoms with van der Waals surface area (Å²) < 4.78 is 0. The van der Waals surface area contributed by atoms with Crippen molar-refractivity contribution in [2.24, 2.45) is 11.8 Å². The standard InChI is InChI=1S/C14H25NO/c1-12-4-3-9-15(10-7-12)11-8-13-5-2-6-14(13)16/h12-13H,2-11H2,1H3. The lowest BCUT2D eigenvalue weighted by atomic mass is 10.0. The van der Waals surface area contributed by atoms with E-state index in [4.69, 9.17) is 0 Å². The summed E-state index contributed by atoms with van der Waals surface area (Å²) in [5.41, 5.74) is 0. The van der Waals surface area contributed by atoms with Gasteiger partial charge in [-0.15, -0.1) is 0 Å². The minimum atomic E-state index is 0.403. The maximum atomic E-state index is 11.5. The van der Waals surface area contributed by atoms with Gasteiger partial charge in [0.15, 0.2) is 0 Å². The summed E-state index contributed by atoms with van der Waals surface area (Å²) in [7, 11) is 0. The lowest BCUT2D eigenvalue weighted by Gasteiger charge is -2.21. The van der Waals surface area contributed by atoms with Crippen LogP contribution in [0.2, 0.25) is 0 Å². The zero-order valence-electron chi connectivity index (χ0n) is 10.6. The highest BCUT2D eigenvalue weighted by atomic mass is 16.1. The number of likely N-dealkylation sites (tertiary alicyclic amines) is 1. The van der Waals surface area contributed by atoms with Gasteiger partial charge < -0.3 is 4.90 Å². The van der Waals surface area contributed by atoms with Gasteiger partial charge in [0.05, 0.1) is 0 Å². The molecule has 0 N–H and O–H groups in total. The first-order valence-corrected chi connectivity index (χ1v) is 7.01. The molecule has 92 valence electrons. The molecule has 2 atom stereocenters. The average molecular weight is 223 g/mol. The number of ketones is 1. The van der Waals surface area contributed by atoms with Crippen LogP contribution in [0.1, 0.15) is 51.9 Å². The fourth-order valence-corrected chi connectivity index (χ4v) is 3.08. The van der Waals surface area contributed by atoms with Crippen LogP contribution < -0.4 is 0 Å². The Morgan fingerprint density at radius 3 is 2.81 bits per heavy atom. The molecule has 0 aromatic rings. The summed E-state index contributed by atoms with van der Waals surface area (Å²) in [4.78, 5) is 14.1. The molecule has 2 aliphatic rings. The molecule has 0 aromatic carbocycles. The monoisotopic (exact) mass is 223 g/mol. The van der Waals surface area contributed by atoms with Crippen LogP contribution in [0, 0.1) is 11.8 Å². The minimum absolute atomic E-state index is 0.403. The molecule has 1 aliphatic carbocycles. The van der Waals surface area contributed by atoms with Crippen molar-refractivity contribution in [2.45, 2.75) is 51.9 Å². The van der Waals surface area contributed by atoms with E-state index >= 15 is 0 Å². The van der Waals surface area contributed by atoms with Crippen LogP contribution in [0.5, 0.6) is 0 Å². The molecule has 2 rings (SSSR count). The van der Waals surface area contributed by atoms with Crippen LogP contribution in [0.25, 0.3) is 0 Å². The van der Waals surface area contributed by atoms with Crippen molar-refractivity contribution in [3.05, 3.63) is 0 Å². The van der Waals surface area contributed by atoms with Gasteiger partial charge in [0.1, 0.15) is 5.78 Å². The first kappa shape index (κ1) is 12.1. The Morgan fingerprint density at radius 1 is 1.19 bits per heavy atom. The quantitative estimate of drug-likeness (QED) is 0.733. The zero-order valence-corrected chi connectivity index (χ0v) is 10.6. The van der Waals surface area contributed by atoms with Crippen LogP contribution in [0.4, 0.5) is 0 Å². The summed E-state index contributed by atoms with van der Waals surface area (Å²) in [5.74, 6) is 1.84. The fraction of sp³-hybridized carbons (Fsp3) is 0.929. The lowest BCUT2D eigenvalue weighted by molar-refractivity contribution is -0.120. The highest BCUT2D eigenvalue weighted by molar-refractivity contribution is 5.82. The third kappa shape index (κ3) is 3.31. The Hall–Kier alpha value is -0.370. The lowest BCUT2D eigenvalue weighted by Crippen LogP contribution is -2.28. The normalized spacial score (nSPS) is 32.9. The van der Waals surface area contributed by atoms with Crippen molar-refractivity contribution in [1.82, 2.24) is 4.90 Å². The topological polar surface area (TPSA) is 20.3 Å². The Balaban J connectivity index is 1.70. The van der Waals surface area contributed by atoms with Crippen molar-refractivity contribution in [3.63, 3.8) is 0 Å². The van der Waals surface area contributed by atoms with E-state index in [0.717, 1.165) is 38.1 Å². The van der Waals surface area contributed by atoms with Crippen molar-refractivity contribution in [1.29, 1.82) is 0 Å². The van der Waals surface area contributed by atoms with Gasteiger partial charge in [-0.1, -0.05) is 6.92 Å². The molecule has 1 saturated heterocycles. The predicted molar refractivity (Wildman–Crippen MR) is 66.4 cm³/mol. The molecule has 0 amide bonds. The second-order valence-electron chi connectivity index (χ2n) is 5.72. The van der Waals surface area contributed by atoms with E-state index in [0.29, 0.717) is 11.7 Å². The van der Waals surface area contributed by atoms with E-state index in [1.54, 1.807) is 0 Å². The van der Waals surface area contributed by atoms with E-state index < -0.39 is 0 Å². The summed E-state index contributed by atoms with van der Waals surface area (Å²) in [6.07, 6.45) is 8.34. The van der Waals surface area contributed by atoms with Gasteiger partial charge in [-0.2, -0.15) is 0 Å². The highest BCUT2D eigenvalue weighted by Gasteiger charge is 2.24. The number of nitrogens with zero attached hydrogens (tertiary/aromatic N) is 1. The van der Waals surface area contributed by atoms with Gasteiger partial charge in [-0.3, -0.25) is 4.79 Å². The smallest absolute Gasteiger partial charge is 0.136 e. The van der Waals surface area contributed by atoms with Crippen molar-refractivity contribution in [3.8, 4) is 0 Å². The molecule has 1 heterocycles. The van der Waals surface area contributed by atoms with Gasteiger partial charge in [0.2, 0.25) is 0 Å². The third-order valence-electron chi connectivity index (χ3n) is 4.33. The SMILES string of the molecule is CC1CCCN(CCC2CCCC2=O)CC1. The van der Waals surface area contributed by atoms with Gasteiger partial charge in [-0.05, 0) is 64.1 Å². The Kier molecular flexibility index (Phi) is 4.39. The van der Waals surface area contributed by atoms with E-state index in [1.165, 1.54) is 32.4 Å². The van der Waals surface area contributed by atoms with E-state index in [1.807, 2.05) is 0 Å². The molecule has 0 bridgehead atoms. The molecule has 1 aliphatic heterocycles. The molecule has 2 heteroatoms. The van der Waals surface area contributed by atoms with Gasteiger partial charge >= 0.3 is 0 Å². The molecular weight excluding hydrogens is 198 g/mol. The average Bonchev–Trinajstić information content (AvgIpc) is 2.55. The first-order valence-electron chi connectivity index (χ1n) is 7.01. The van der Waals surface area contributed by atoms with E-state index in [9.17, 15) is 4.79 Å². The van der Waals surface area contributed by atoms with Crippen LogP contribution >= 0.6 is 0 Å². The Morgan fingerprint density at radius 2 is 2.06 bits per heavy atom. The zero-order chi connectivity index (χ0) is 11.4. The molecule has 2 fully saturated rings. The van der Waals surface area contributed by atoms with Crippen molar-refractivity contribution < 1.29 is 4.79 Å². The summed E-state index contributed by atoms with van der Waals surface area (Å²) in [5, 5.41) is 0. The minimum Gasteiger partial charge on any atom is -0.303 e. The van der Waals surface area contributed by atoms with Gasteiger partial charge in [-0.25, -0.2) is 0 Å². The highest BCUT2D eigenvalue weighted by Crippen LogP contribution is 2.25. The van der Waals surface area contributed by atoms with Crippen LogP contribution in [-0.4, -0.2) is 30.3 Å². The van der Waals surface area contributed by atoms with Crippen LogP contribution in [-0.2, 0) is 4.79 Å². The molecule has 2 nitrogen and oxygen atoms in total. The molecule has 2 unspecified atom stereocenters. The molecule has 0 aromatic heterocycles. The number of hydrogen-bond donors (Lipinski definition) is 0. The first-order chi connectivity index (χ1) is 7.75. The summed E-state index contributed by atoms with van der Waals surface area (Å²) in [6, 6.07) is 0. The molecular formula is C14H25NO. The molecule has 0 spiro atoms. The van der Waals surface area contributed by atoms with Crippen molar-refractivity contribution in [2.75, 3.05) is 19.6 Å². The predicted octanol–water partition coefficient (Wildman–Crippen LogP) is 2.87. The maximum Gasteiger partial charge on any atom is 0.136 e. The van der Waals surface area contributed by atoms with E-state index in [-0.39, 0.29) is 0 Å². The number of hydrogen-bond acceptors (Lipinski definition) is 2. The molecule has 0 radical (unpaired) electrons. The maximum absolute atomic E-state index is 11.5. The van der Waals surface area contributed by atoms with Crippen molar-refractivity contribution >= 4 is 5.78 Å². The van der Waals surface area contributed by atoms with E-state index in [2.05, 4.69) is 11.8 Å². The second-order valence-corrected chi connectivity index (χ2v) is 5.72. The number of carbonyl (C=O) groups is 1.